The van der Waals surface area contributed by atoms with E-state index in [2.05, 4.69) is 31.2 Å². The highest BCUT2D eigenvalue weighted by Crippen LogP contribution is 2.33. The largest absolute Gasteiger partial charge is 0.364 e. The molecule has 0 spiro atoms. The third-order valence-corrected chi connectivity index (χ3v) is 3.51. The van der Waals surface area contributed by atoms with Crippen LogP contribution in [0, 0.1) is 5.92 Å². The lowest BCUT2D eigenvalue weighted by molar-refractivity contribution is 0.333. The Bertz CT molecular complexity index is 165. The van der Waals surface area contributed by atoms with E-state index in [9.17, 15) is 0 Å². The maximum absolute atomic E-state index is 5.56. The average Bonchev–Trinajstić information content (AvgIpc) is 2.30. The van der Waals surface area contributed by atoms with Gasteiger partial charge in [-0.1, -0.05) is 13.8 Å². The molecule has 1 rings (SSSR count). The van der Waals surface area contributed by atoms with Gasteiger partial charge in [0.2, 0.25) is 0 Å². The van der Waals surface area contributed by atoms with Gasteiger partial charge in [-0.2, -0.15) is 0 Å². The molecular formula is C8H16N2S. The second-order valence-corrected chi connectivity index (χ2v) is 4.19. The van der Waals surface area contributed by atoms with Crippen LogP contribution in [0.1, 0.15) is 13.8 Å². The van der Waals surface area contributed by atoms with Crippen LogP contribution >= 0.6 is 11.8 Å². The van der Waals surface area contributed by atoms with E-state index in [0.29, 0.717) is 17.8 Å². The molecule has 0 aromatic heterocycles. The van der Waals surface area contributed by atoms with Gasteiger partial charge in [0.1, 0.15) is 0 Å². The van der Waals surface area contributed by atoms with E-state index in [-0.39, 0.29) is 0 Å². The van der Waals surface area contributed by atoms with Gasteiger partial charge >= 0.3 is 0 Å². The molecule has 1 atom stereocenters. The first-order chi connectivity index (χ1) is 5.16. The van der Waals surface area contributed by atoms with Crippen molar-refractivity contribution in [1.82, 2.24) is 4.90 Å². The van der Waals surface area contributed by atoms with Crippen molar-refractivity contribution in [3.63, 3.8) is 0 Å². The summed E-state index contributed by atoms with van der Waals surface area (Å²) in [7, 11) is 2.11. The summed E-state index contributed by atoms with van der Waals surface area (Å²) in [4.78, 5) is 2.27. The summed E-state index contributed by atoms with van der Waals surface area (Å²) in [6.45, 7) is 5.13. The molecule has 2 N–H and O–H groups in total. The minimum absolute atomic E-state index is 0.591. The van der Waals surface area contributed by atoms with Gasteiger partial charge in [-0.3, -0.25) is 0 Å². The molecule has 0 aromatic carbocycles. The van der Waals surface area contributed by atoms with Crippen LogP contribution in [-0.4, -0.2) is 23.9 Å². The summed E-state index contributed by atoms with van der Waals surface area (Å²) >= 11 is 1.88. The zero-order chi connectivity index (χ0) is 8.43. The molecule has 2 nitrogen and oxygen atoms in total. The fourth-order valence-electron chi connectivity index (χ4n) is 1.28. The average molecular weight is 172 g/mol. The Morgan fingerprint density at radius 3 is 2.64 bits per heavy atom. The Balaban J connectivity index is 2.56. The Kier molecular flexibility index (Phi) is 2.84. The Hall–Kier alpha value is -0.150. The first-order valence-corrected chi connectivity index (χ1v) is 4.88. The van der Waals surface area contributed by atoms with Crippen LogP contribution in [0.5, 0.6) is 0 Å². The lowest BCUT2D eigenvalue weighted by atomic mass is 10.2. The fourth-order valence-corrected chi connectivity index (χ4v) is 2.47. The third-order valence-electron chi connectivity index (χ3n) is 1.96. The summed E-state index contributed by atoms with van der Waals surface area (Å²) in [5, 5.41) is 2.76. The predicted molar refractivity (Wildman–Crippen MR) is 51.1 cm³/mol. The molecule has 0 amide bonds. The van der Waals surface area contributed by atoms with Crippen molar-refractivity contribution in [2.45, 2.75) is 19.2 Å². The molecule has 64 valence electrons. The summed E-state index contributed by atoms with van der Waals surface area (Å²) in [6.07, 6.45) is 0. The Morgan fingerprint density at radius 2 is 2.36 bits per heavy atom. The standard InChI is InChI=1S/C8H16N2S/c1-6(2)8-10(3)7(4-9)5-11-8/h5-6,8H,4,9H2,1-3H3. The Labute approximate surface area is 72.8 Å². The molecule has 0 bridgehead atoms. The number of hydrogen-bond acceptors (Lipinski definition) is 3. The van der Waals surface area contributed by atoms with Crippen molar-refractivity contribution in [3.8, 4) is 0 Å². The van der Waals surface area contributed by atoms with E-state index in [4.69, 9.17) is 5.73 Å². The smallest absolute Gasteiger partial charge is 0.0808 e. The molecule has 1 unspecified atom stereocenters. The van der Waals surface area contributed by atoms with Crippen molar-refractivity contribution >= 4 is 11.8 Å². The Morgan fingerprint density at radius 1 is 1.73 bits per heavy atom. The molecule has 0 radical (unpaired) electrons. The molecule has 0 fully saturated rings. The van der Waals surface area contributed by atoms with Crippen molar-refractivity contribution in [2.75, 3.05) is 13.6 Å². The second-order valence-electron chi connectivity index (χ2n) is 3.19. The van der Waals surface area contributed by atoms with Crippen molar-refractivity contribution in [3.05, 3.63) is 11.1 Å². The number of hydrogen-bond donors (Lipinski definition) is 1. The van der Waals surface area contributed by atoms with E-state index in [0.717, 1.165) is 0 Å². The first-order valence-electron chi connectivity index (χ1n) is 3.94. The molecule has 0 aliphatic carbocycles. The van der Waals surface area contributed by atoms with Crippen LogP contribution in [0.2, 0.25) is 0 Å². The molecule has 1 heterocycles. The van der Waals surface area contributed by atoms with Crippen molar-refractivity contribution in [1.29, 1.82) is 0 Å². The third kappa shape index (κ3) is 1.71. The van der Waals surface area contributed by atoms with Crippen LogP contribution < -0.4 is 5.73 Å². The number of likely N-dealkylation sites (N-methyl/N-ethyl adjacent to an activating group) is 1. The van der Waals surface area contributed by atoms with Crippen LogP contribution in [-0.2, 0) is 0 Å². The van der Waals surface area contributed by atoms with Gasteiger partial charge in [0.15, 0.2) is 0 Å². The van der Waals surface area contributed by atoms with E-state index < -0.39 is 0 Å². The SMILES string of the molecule is CC(C)C1SC=C(CN)N1C. The summed E-state index contributed by atoms with van der Waals surface area (Å²) in [6, 6.07) is 0. The fraction of sp³-hybridized carbons (Fsp3) is 0.750. The monoisotopic (exact) mass is 172 g/mol. The molecule has 0 aromatic rings. The predicted octanol–water partition coefficient (Wildman–Crippen LogP) is 1.45. The van der Waals surface area contributed by atoms with Gasteiger partial charge in [-0.05, 0) is 11.3 Å². The highest BCUT2D eigenvalue weighted by atomic mass is 32.2. The van der Waals surface area contributed by atoms with Crippen LogP contribution in [0.25, 0.3) is 0 Å². The summed E-state index contributed by atoms with van der Waals surface area (Å²) < 4.78 is 0. The minimum Gasteiger partial charge on any atom is -0.364 e. The maximum atomic E-state index is 5.56. The molecule has 1 aliphatic rings. The number of thioether (sulfide) groups is 1. The van der Waals surface area contributed by atoms with E-state index in [1.807, 2.05) is 11.8 Å². The quantitative estimate of drug-likeness (QED) is 0.683. The zero-order valence-electron chi connectivity index (χ0n) is 7.37. The van der Waals surface area contributed by atoms with Gasteiger partial charge in [0, 0.05) is 19.3 Å². The summed E-state index contributed by atoms with van der Waals surface area (Å²) in [5.41, 5.74) is 6.82. The van der Waals surface area contributed by atoms with E-state index in [1.54, 1.807) is 0 Å². The highest BCUT2D eigenvalue weighted by molar-refractivity contribution is 8.02. The molecule has 11 heavy (non-hydrogen) atoms. The lowest BCUT2D eigenvalue weighted by Gasteiger charge is -2.26. The molecule has 3 heteroatoms. The van der Waals surface area contributed by atoms with Gasteiger partial charge in [-0.15, -0.1) is 11.8 Å². The first kappa shape index (κ1) is 8.94. The normalized spacial score (nSPS) is 24.6. The zero-order valence-corrected chi connectivity index (χ0v) is 8.19. The molecule has 0 saturated carbocycles. The van der Waals surface area contributed by atoms with Crippen molar-refractivity contribution in [2.24, 2.45) is 11.7 Å². The molecule has 0 saturated heterocycles. The molecule has 1 aliphatic heterocycles. The van der Waals surface area contributed by atoms with Gasteiger partial charge in [0.05, 0.1) is 5.37 Å². The van der Waals surface area contributed by atoms with Gasteiger partial charge in [-0.25, -0.2) is 0 Å². The minimum atomic E-state index is 0.591. The van der Waals surface area contributed by atoms with Gasteiger partial charge in [0.25, 0.3) is 0 Å². The topological polar surface area (TPSA) is 29.3 Å². The number of nitrogens with zero attached hydrogens (tertiary/aromatic N) is 1. The maximum Gasteiger partial charge on any atom is 0.0808 e. The van der Waals surface area contributed by atoms with Gasteiger partial charge < -0.3 is 10.6 Å². The van der Waals surface area contributed by atoms with Crippen LogP contribution in [0.4, 0.5) is 0 Å². The van der Waals surface area contributed by atoms with Crippen LogP contribution in [0.15, 0.2) is 11.1 Å². The van der Waals surface area contributed by atoms with E-state index in [1.165, 1.54) is 5.70 Å². The van der Waals surface area contributed by atoms with Crippen LogP contribution in [0.3, 0.4) is 0 Å². The highest BCUT2D eigenvalue weighted by Gasteiger charge is 2.24. The molecular weight excluding hydrogens is 156 g/mol. The number of rotatable bonds is 2. The second kappa shape index (κ2) is 3.50. The van der Waals surface area contributed by atoms with Crippen molar-refractivity contribution < 1.29 is 0 Å². The summed E-state index contributed by atoms with van der Waals surface area (Å²) in [5.74, 6) is 0.685. The lowest BCUT2D eigenvalue weighted by Crippen LogP contribution is -2.30. The number of nitrogens with two attached hydrogens (primary N) is 1. The van der Waals surface area contributed by atoms with E-state index >= 15 is 0 Å².